The fraction of sp³-hybridized carbons (Fsp3) is 0.643. The molecule has 2 heterocycles. The molecule has 0 bridgehead atoms. The molecule has 1 aliphatic heterocycles. The number of aromatic nitrogens is 2. The number of anilines is 1. The largest absolute Gasteiger partial charge is 0.444 e. The number of aryl methyl sites for hydroxylation is 1. The number of piperazine rings is 1. The van der Waals surface area contributed by atoms with E-state index in [0.29, 0.717) is 26.2 Å². The van der Waals surface area contributed by atoms with Crippen molar-refractivity contribution in [1.29, 1.82) is 0 Å². The molecule has 7 heteroatoms. The number of carbonyl (C=O) groups is 1. The summed E-state index contributed by atoms with van der Waals surface area (Å²) >= 11 is 5.89. The molecular formula is C14H21ClN4O2. The lowest BCUT2D eigenvalue weighted by Crippen LogP contribution is -2.50. The smallest absolute Gasteiger partial charge is 0.410 e. The van der Waals surface area contributed by atoms with Crippen LogP contribution in [0.3, 0.4) is 0 Å². The van der Waals surface area contributed by atoms with Gasteiger partial charge in [0.1, 0.15) is 11.4 Å². The minimum Gasteiger partial charge on any atom is -0.444 e. The first-order valence-electron chi connectivity index (χ1n) is 6.99. The van der Waals surface area contributed by atoms with Gasteiger partial charge >= 0.3 is 6.09 Å². The van der Waals surface area contributed by atoms with Crippen LogP contribution in [-0.4, -0.2) is 52.7 Å². The summed E-state index contributed by atoms with van der Waals surface area (Å²) in [7, 11) is 0. The fourth-order valence-electron chi connectivity index (χ4n) is 2.12. The van der Waals surface area contributed by atoms with E-state index in [4.69, 9.17) is 16.3 Å². The SMILES string of the molecule is Cc1cc(N2CCN(C(=O)OC(C)(C)C)CC2)nc(Cl)n1. The monoisotopic (exact) mass is 312 g/mol. The van der Waals surface area contributed by atoms with Gasteiger partial charge in [-0.3, -0.25) is 0 Å². The van der Waals surface area contributed by atoms with Gasteiger partial charge in [-0.1, -0.05) is 0 Å². The van der Waals surface area contributed by atoms with E-state index in [1.165, 1.54) is 0 Å². The zero-order valence-electron chi connectivity index (χ0n) is 12.9. The maximum atomic E-state index is 12.0. The van der Waals surface area contributed by atoms with E-state index in [0.717, 1.165) is 11.5 Å². The van der Waals surface area contributed by atoms with Crippen molar-refractivity contribution < 1.29 is 9.53 Å². The van der Waals surface area contributed by atoms with Crippen molar-refractivity contribution in [3.63, 3.8) is 0 Å². The van der Waals surface area contributed by atoms with Crippen molar-refractivity contribution in [2.24, 2.45) is 0 Å². The van der Waals surface area contributed by atoms with E-state index in [1.54, 1.807) is 4.90 Å². The van der Waals surface area contributed by atoms with Gasteiger partial charge in [0, 0.05) is 37.9 Å². The van der Waals surface area contributed by atoms with Gasteiger partial charge in [0.05, 0.1) is 0 Å². The summed E-state index contributed by atoms with van der Waals surface area (Å²) < 4.78 is 5.38. The number of hydrogen-bond acceptors (Lipinski definition) is 5. The highest BCUT2D eigenvalue weighted by Crippen LogP contribution is 2.18. The molecule has 0 saturated carbocycles. The van der Waals surface area contributed by atoms with E-state index < -0.39 is 5.60 Å². The lowest BCUT2D eigenvalue weighted by Gasteiger charge is -2.36. The summed E-state index contributed by atoms with van der Waals surface area (Å²) in [4.78, 5) is 24.1. The molecule has 1 aliphatic rings. The number of halogens is 1. The topological polar surface area (TPSA) is 58.6 Å². The molecule has 21 heavy (non-hydrogen) atoms. The molecule has 1 amide bonds. The van der Waals surface area contributed by atoms with Crippen molar-refractivity contribution in [3.8, 4) is 0 Å². The highest BCUT2D eigenvalue weighted by molar-refractivity contribution is 6.28. The van der Waals surface area contributed by atoms with E-state index >= 15 is 0 Å². The van der Waals surface area contributed by atoms with Crippen LogP contribution in [-0.2, 0) is 4.74 Å². The Bertz CT molecular complexity index is 502. The molecule has 0 N–H and O–H groups in total. The van der Waals surface area contributed by atoms with Gasteiger partial charge < -0.3 is 14.5 Å². The van der Waals surface area contributed by atoms with Gasteiger partial charge in [-0.25, -0.2) is 14.8 Å². The Balaban J connectivity index is 1.95. The van der Waals surface area contributed by atoms with Gasteiger partial charge in [0.25, 0.3) is 0 Å². The molecule has 0 aliphatic carbocycles. The third kappa shape index (κ3) is 4.46. The van der Waals surface area contributed by atoms with Crippen LogP contribution in [0.25, 0.3) is 0 Å². The second kappa shape index (κ2) is 6.05. The molecule has 116 valence electrons. The van der Waals surface area contributed by atoms with Gasteiger partial charge in [-0.15, -0.1) is 0 Å². The van der Waals surface area contributed by atoms with Crippen molar-refractivity contribution in [2.45, 2.75) is 33.3 Å². The normalized spacial score (nSPS) is 16.0. The molecule has 0 spiro atoms. The predicted molar refractivity (Wildman–Crippen MR) is 81.8 cm³/mol. The first-order chi connectivity index (χ1) is 9.74. The molecule has 0 aromatic carbocycles. The Morgan fingerprint density at radius 3 is 2.38 bits per heavy atom. The van der Waals surface area contributed by atoms with Gasteiger partial charge in [0.15, 0.2) is 0 Å². The highest BCUT2D eigenvalue weighted by Gasteiger charge is 2.26. The summed E-state index contributed by atoms with van der Waals surface area (Å²) in [5, 5.41) is 0.250. The molecular weight excluding hydrogens is 292 g/mol. The second-order valence-corrected chi connectivity index (χ2v) is 6.43. The zero-order chi connectivity index (χ0) is 15.6. The quantitative estimate of drug-likeness (QED) is 0.746. The maximum Gasteiger partial charge on any atom is 0.410 e. The second-order valence-electron chi connectivity index (χ2n) is 6.09. The first-order valence-corrected chi connectivity index (χ1v) is 7.36. The molecule has 1 fully saturated rings. The van der Waals surface area contributed by atoms with Crippen LogP contribution in [0, 0.1) is 6.92 Å². The maximum absolute atomic E-state index is 12.0. The van der Waals surface area contributed by atoms with Gasteiger partial charge in [-0.05, 0) is 39.3 Å². The Kier molecular flexibility index (Phi) is 4.56. The summed E-state index contributed by atoms with van der Waals surface area (Å²) in [5.41, 5.74) is 0.366. The summed E-state index contributed by atoms with van der Waals surface area (Å²) in [5.74, 6) is 0.802. The number of nitrogens with zero attached hydrogens (tertiary/aromatic N) is 4. The molecule has 0 unspecified atom stereocenters. The van der Waals surface area contributed by atoms with Gasteiger partial charge in [-0.2, -0.15) is 0 Å². The minimum absolute atomic E-state index is 0.250. The lowest BCUT2D eigenvalue weighted by molar-refractivity contribution is 0.0240. The molecule has 2 rings (SSSR count). The van der Waals surface area contributed by atoms with Crippen molar-refractivity contribution in [1.82, 2.24) is 14.9 Å². The first kappa shape index (κ1) is 15.8. The molecule has 1 saturated heterocycles. The van der Waals surface area contributed by atoms with Crippen LogP contribution in [0.5, 0.6) is 0 Å². The molecule has 0 atom stereocenters. The Morgan fingerprint density at radius 2 is 1.86 bits per heavy atom. The molecule has 1 aromatic heterocycles. The third-order valence-corrected chi connectivity index (χ3v) is 3.24. The third-order valence-electron chi connectivity index (χ3n) is 3.07. The molecule has 1 aromatic rings. The van der Waals surface area contributed by atoms with E-state index in [2.05, 4.69) is 14.9 Å². The van der Waals surface area contributed by atoms with Crippen molar-refractivity contribution >= 4 is 23.5 Å². The number of rotatable bonds is 1. The average Bonchev–Trinajstić information content (AvgIpc) is 2.35. The summed E-state index contributed by atoms with van der Waals surface area (Å²) in [6.07, 6.45) is -0.265. The molecule has 0 radical (unpaired) electrons. The summed E-state index contributed by atoms with van der Waals surface area (Å²) in [6, 6.07) is 1.90. The van der Waals surface area contributed by atoms with Crippen LogP contribution >= 0.6 is 11.6 Å². The van der Waals surface area contributed by atoms with Crippen LogP contribution in [0.4, 0.5) is 10.6 Å². The Labute approximate surface area is 130 Å². The van der Waals surface area contributed by atoms with Crippen LogP contribution in [0.15, 0.2) is 6.07 Å². The van der Waals surface area contributed by atoms with Crippen molar-refractivity contribution in [2.75, 3.05) is 31.1 Å². The van der Waals surface area contributed by atoms with Gasteiger partial charge in [0.2, 0.25) is 5.28 Å². The number of ether oxygens (including phenoxy) is 1. The van der Waals surface area contributed by atoms with E-state index in [1.807, 2.05) is 33.8 Å². The Hall–Kier alpha value is -1.56. The number of hydrogen-bond donors (Lipinski definition) is 0. The molecule has 6 nitrogen and oxygen atoms in total. The van der Waals surface area contributed by atoms with E-state index in [-0.39, 0.29) is 11.4 Å². The van der Waals surface area contributed by atoms with Crippen LogP contribution in [0.1, 0.15) is 26.5 Å². The number of carbonyl (C=O) groups excluding carboxylic acids is 1. The lowest BCUT2D eigenvalue weighted by atomic mass is 10.2. The van der Waals surface area contributed by atoms with Crippen LogP contribution < -0.4 is 4.90 Å². The minimum atomic E-state index is -0.467. The summed E-state index contributed by atoms with van der Waals surface area (Å²) in [6.45, 7) is 10.1. The van der Waals surface area contributed by atoms with Crippen LogP contribution in [0.2, 0.25) is 5.28 Å². The Morgan fingerprint density at radius 1 is 1.24 bits per heavy atom. The standard InChI is InChI=1S/C14H21ClN4O2/c1-10-9-11(17-12(15)16-10)18-5-7-19(8-6-18)13(20)21-14(2,3)4/h9H,5-8H2,1-4H3. The number of amides is 1. The average molecular weight is 313 g/mol. The zero-order valence-corrected chi connectivity index (χ0v) is 13.6. The van der Waals surface area contributed by atoms with Crippen molar-refractivity contribution in [3.05, 3.63) is 17.0 Å². The highest BCUT2D eigenvalue weighted by atomic mass is 35.5. The predicted octanol–water partition coefficient (Wildman–Crippen LogP) is 2.50. The fourth-order valence-corrected chi connectivity index (χ4v) is 2.34. The van der Waals surface area contributed by atoms with E-state index in [9.17, 15) is 4.79 Å².